The third kappa shape index (κ3) is 3.55. The Balaban J connectivity index is 0.000000720. The monoisotopic (exact) mass is 254 g/mol. The summed E-state index contributed by atoms with van der Waals surface area (Å²) in [6.45, 7) is 0. The van der Waals surface area contributed by atoms with Gasteiger partial charge >= 0.3 is 79.1 Å². The molecule has 0 bridgehead atoms. The minimum Gasteiger partial charge on any atom is -0.870 e. The van der Waals surface area contributed by atoms with Gasteiger partial charge in [0.15, 0.2) is 0 Å². The van der Waals surface area contributed by atoms with Crippen molar-refractivity contribution in [2.75, 3.05) is 0 Å². The third-order valence-electron chi connectivity index (χ3n) is 1.86. The first-order valence-corrected chi connectivity index (χ1v) is 6.39. The molecule has 3 heteroatoms. The van der Waals surface area contributed by atoms with Gasteiger partial charge < -0.3 is 11.0 Å². The second-order valence-electron chi connectivity index (χ2n) is 2.77. The van der Waals surface area contributed by atoms with E-state index >= 15 is 0 Å². The Bertz CT molecular complexity index is 247. The summed E-state index contributed by atoms with van der Waals surface area (Å²) in [6.07, 6.45) is 16.0. The second-order valence-corrected chi connectivity index (χ2v) is 6.55. The van der Waals surface area contributed by atoms with Gasteiger partial charge in [-0.2, -0.15) is 0 Å². The molecule has 0 aromatic carbocycles. The molecule has 0 saturated carbocycles. The predicted octanol–water partition coefficient (Wildman–Crippen LogP) is 2.40. The normalized spacial score (nSPS) is 16.9. The van der Waals surface area contributed by atoms with Crippen LogP contribution in [-0.4, -0.2) is 11.0 Å². The molecule has 2 rings (SSSR count). The molecule has 2 aliphatic rings. The first-order valence-electron chi connectivity index (χ1n) is 3.93. The van der Waals surface area contributed by atoms with E-state index in [1.54, 1.807) is 6.56 Å². The second kappa shape index (κ2) is 6.25. The van der Waals surface area contributed by atoms with Crippen LogP contribution in [0, 0.1) is 0 Å². The van der Waals surface area contributed by atoms with Gasteiger partial charge in [0.05, 0.1) is 0 Å². The van der Waals surface area contributed by atoms with Gasteiger partial charge in [-0.15, -0.1) is 0 Å². The van der Waals surface area contributed by atoms with E-state index in [-0.39, 0.29) is 34.2 Å². The van der Waals surface area contributed by atoms with Crippen molar-refractivity contribution in [2.24, 2.45) is 0 Å². The molecule has 0 aromatic heterocycles. The van der Waals surface area contributed by atoms with Gasteiger partial charge in [0.25, 0.3) is 0 Å². The van der Waals surface area contributed by atoms with Crippen LogP contribution in [0.25, 0.3) is 0 Å². The van der Waals surface area contributed by atoms with Crippen LogP contribution >= 0.6 is 0 Å². The molecule has 0 unspecified atom stereocenters. The van der Waals surface area contributed by atoms with E-state index in [1.165, 1.54) is 12.8 Å². The molecule has 0 spiro atoms. The molecular weight excluding hydrogens is 243 g/mol. The van der Waals surface area contributed by atoms with Crippen LogP contribution < -0.4 is 0 Å². The van der Waals surface area contributed by atoms with Crippen LogP contribution in [0.3, 0.4) is 0 Å². The summed E-state index contributed by atoms with van der Waals surface area (Å²) < 4.78 is 3.45. The summed E-state index contributed by atoms with van der Waals surface area (Å²) in [4.78, 5) is 0. The average molecular weight is 255 g/mol. The molecule has 0 heterocycles. The van der Waals surface area contributed by atoms with E-state index in [0.29, 0.717) is 0 Å². The van der Waals surface area contributed by atoms with E-state index in [1.807, 2.05) is 0 Å². The zero-order valence-corrected chi connectivity index (χ0v) is 9.73. The maximum atomic E-state index is 2.31. The summed E-state index contributed by atoms with van der Waals surface area (Å²) in [6, 6.07) is 0. The van der Waals surface area contributed by atoms with Crippen molar-refractivity contribution >= 4 is 0 Å². The average Bonchev–Trinajstić information content (AvgIpc) is 2.60. The molecule has 2 nitrogen and oxygen atoms in total. The van der Waals surface area contributed by atoms with E-state index in [9.17, 15) is 0 Å². The van der Waals surface area contributed by atoms with Crippen LogP contribution in [0.4, 0.5) is 0 Å². The summed E-state index contributed by atoms with van der Waals surface area (Å²) in [7, 11) is 0. The summed E-state index contributed by atoms with van der Waals surface area (Å²) in [5.41, 5.74) is 0. The fraction of sp³-hybridized carbons (Fsp3) is 0.200. The van der Waals surface area contributed by atoms with Crippen molar-refractivity contribution in [2.45, 2.75) is 12.8 Å². The predicted molar refractivity (Wildman–Crippen MR) is 47.6 cm³/mol. The van der Waals surface area contributed by atoms with Crippen LogP contribution in [0.1, 0.15) is 12.8 Å². The van der Waals surface area contributed by atoms with Crippen molar-refractivity contribution in [3.63, 3.8) is 0 Å². The van der Waals surface area contributed by atoms with Crippen molar-refractivity contribution in [3.8, 4) is 0 Å². The van der Waals surface area contributed by atoms with Gasteiger partial charge in [-0.25, -0.2) is 0 Å². The molecule has 2 N–H and O–H groups in total. The minimum absolute atomic E-state index is 0. The van der Waals surface area contributed by atoms with Crippen LogP contribution in [-0.2, 0) is 23.2 Å². The number of allylic oxidation sites excluding steroid dienone is 8. The minimum atomic E-state index is -0.312. The zero-order chi connectivity index (χ0) is 7.52. The molecule has 0 fully saturated rings. The molecule has 0 radical (unpaired) electrons. The number of hydrogen-bond acceptors (Lipinski definition) is 2. The molecule has 2 aliphatic carbocycles. The van der Waals surface area contributed by atoms with E-state index in [4.69, 9.17) is 0 Å². The zero-order valence-electron chi connectivity index (χ0n) is 7.27. The summed E-state index contributed by atoms with van der Waals surface area (Å²) >= 11 is -0.312. The maximum absolute atomic E-state index is 2.31. The van der Waals surface area contributed by atoms with E-state index in [0.717, 1.165) is 0 Å². The number of hydrogen-bond donors (Lipinski definition) is 0. The van der Waals surface area contributed by atoms with Crippen LogP contribution in [0.5, 0.6) is 0 Å². The maximum Gasteiger partial charge on any atom is -0.870 e. The Morgan fingerprint density at radius 2 is 1.31 bits per heavy atom. The Labute approximate surface area is 89.9 Å². The van der Waals surface area contributed by atoms with Crippen LogP contribution in [0.2, 0.25) is 0 Å². The fourth-order valence-electron chi connectivity index (χ4n) is 1.29. The molecule has 0 aliphatic heterocycles. The quantitative estimate of drug-likeness (QED) is 0.760. The van der Waals surface area contributed by atoms with Gasteiger partial charge in [-0.1, -0.05) is 0 Å². The topological polar surface area (TPSA) is 60.0 Å². The van der Waals surface area contributed by atoms with Crippen LogP contribution in [0.15, 0.2) is 43.0 Å². The Morgan fingerprint density at radius 3 is 1.62 bits per heavy atom. The SMILES string of the molecule is C1=CC[C]([Zr+2][C]2=CC=CC2)=C1.[OH-].[OH-]. The van der Waals surface area contributed by atoms with Gasteiger partial charge in [-0.3, -0.25) is 0 Å². The Kier molecular flexibility index (Phi) is 6.14. The van der Waals surface area contributed by atoms with Gasteiger partial charge in [0.1, 0.15) is 0 Å². The molecule has 68 valence electrons. The molecule has 0 aromatic rings. The smallest absolute Gasteiger partial charge is 0.870 e. The largest absolute Gasteiger partial charge is 0.870 e. The fourth-order valence-corrected chi connectivity index (χ4v) is 4.26. The van der Waals surface area contributed by atoms with Crippen molar-refractivity contribution in [3.05, 3.63) is 43.0 Å². The summed E-state index contributed by atoms with van der Waals surface area (Å²) in [5.74, 6) is 0. The van der Waals surface area contributed by atoms with Gasteiger partial charge in [0, 0.05) is 0 Å². The summed E-state index contributed by atoms with van der Waals surface area (Å²) in [5, 5.41) is 0. The van der Waals surface area contributed by atoms with E-state index < -0.39 is 0 Å². The van der Waals surface area contributed by atoms with Crippen molar-refractivity contribution in [1.29, 1.82) is 0 Å². The van der Waals surface area contributed by atoms with Gasteiger partial charge in [0.2, 0.25) is 0 Å². The first kappa shape index (κ1) is 12.8. The molecule has 0 saturated heterocycles. The standard InChI is InChI=1S/2C5H5.2H2O.Zr/c2*1-2-4-5-3-1;;;/h2*1-3H,4H2;2*1H2;/q;;;;+2/p-2. The van der Waals surface area contributed by atoms with Gasteiger partial charge in [-0.05, 0) is 0 Å². The molecular formula is C10H12O2Zr. The van der Waals surface area contributed by atoms with Crippen molar-refractivity contribution in [1.82, 2.24) is 0 Å². The van der Waals surface area contributed by atoms with E-state index in [2.05, 4.69) is 36.5 Å². The molecule has 0 atom stereocenters. The third-order valence-corrected chi connectivity index (χ3v) is 5.27. The Morgan fingerprint density at radius 1 is 0.846 bits per heavy atom. The Hall–Kier alpha value is -0.237. The number of rotatable bonds is 2. The van der Waals surface area contributed by atoms with Crippen molar-refractivity contribution < 1.29 is 34.2 Å². The molecule has 0 amide bonds. The first-order chi connectivity index (χ1) is 5.45. The molecule has 13 heavy (non-hydrogen) atoms.